The second-order valence-electron chi connectivity index (χ2n) is 6.33. The minimum absolute atomic E-state index is 0.310. The van der Waals surface area contributed by atoms with Gasteiger partial charge in [-0.1, -0.05) is 38.8 Å². The average molecular weight is 236 g/mol. The lowest BCUT2D eigenvalue weighted by Crippen LogP contribution is -2.39. The molecule has 0 radical (unpaired) electrons. The molecular formula is C15H28N2. The molecule has 0 spiro atoms. The van der Waals surface area contributed by atoms with Crippen molar-refractivity contribution in [1.29, 1.82) is 0 Å². The summed E-state index contributed by atoms with van der Waals surface area (Å²) in [5.74, 6) is 1.47. The van der Waals surface area contributed by atoms with E-state index in [4.69, 9.17) is 5.73 Å². The second kappa shape index (κ2) is 6.01. The maximum absolute atomic E-state index is 5.95. The Labute approximate surface area is 106 Å². The molecule has 1 saturated carbocycles. The van der Waals surface area contributed by atoms with Gasteiger partial charge in [0, 0.05) is 25.2 Å². The lowest BCUT2D eigenvalue weighted by atomic mass is 10.0. The van der Waals surface area contributed by atoms with Gasteiger partial charge in [0.15, 0.2) is 0 Å². The van der Waals surface area contributed by atoms with E-state index in [1.54, 1.807) is 0 Å². The van der Waals surface area contributed by atoms with E-state index >= 15 is 0 Å². The van der Waals surface area contributed by atoms with E-state index in [9.17, 15) is 0 Å². The maximum atomic E-state index is 5.95. The lowest BCUT2D eigenvalue weighted by Gasteiger charge is -2.32. The lowest BCUT2D eigenvalue weighted by molar-refractivity contribution is 0.159. The van der Waals surface area contributed by atoms with E-state index in [0.717, 1.165) is 18.4 Å². The van der Waals surface area contributed by atoms with Crippen molar-refractivity contribution in [3.8, 4) is 0 Å². The van der Waals surface area contributed by atoms with Gasteiger partial charge in [0.05, 0.1) is 0 Å². The standard InChI is InChI=1S/C15H28N2/c1-12(2)10-17(15-5-3-4-6-15)11-13-7-8-14(16)9-13/h7-8,12-15H,3-6,9-11,16H2,1-2H3. The van der Waals surface area contributed by atoms with Crippen molar-refractivity contribution in [2.24, 2.45) is 17.6 Å². The summed E-state index contributed by atoms with van der Waals surface area (Å²) >= 11 is 0. The summed E-state index contributed by atoms with van der Waals surface area (Å²) in [7, 11) is 0. The summed E-state index contributed by atoms with van der Waals surface area (Å²) < 4.78 is 0. The summed E-state index contributed by atoms with van der Waals surface area (Å²) in [6.45, 7) is 7.15. The summed E-state index contributed by atoms with van der Waals surface area (Å²) in [4.78, 5) is 2.74. The van der Waals surface area contributed by atoms with Crippen LogP contribution >= 0.6 is 0 Å². The van der Waals surface area contributed by atoms with Crippen LogP contribution in [0.3, 0.4) is 0 Å². The van der Waals surface area contributed by atoms with Crippen molar-refractivity contribution < 1.29 is 0 Å². The highest BCUT2D eigenvalue weighted by Crippen LogP contribution is 2.27. The Morgan fingerprint density at radius 3 is 2.47 bits per heavy atom. The molecule has 0 saturated heterocycles. The molecule has 0 aromatic carbocycles. The molecule has 2 unspecified atom stereocenters. The van der Waals surface area contributed by atoms with Crippen molar-refractivity contribution in [3.05, 3.63) is 12.2 Å². The summed E-state index contributed by atoms with van der Waals surface area (Å²) in [5.41, 5.74) is 5.95. The van der Waals surface area contributed by atoms with E-state index in [-0.39, 0.29) is 0 Å². The quantitative estimate of drug-likeness (QED) is 0.744. The van der Waals surface area contributed by atoms with Gasteiger partial charge in [-0.2, -0.15) is 0 Å². The highest BCUT2D eigenvalue weighted by atomic mass is 15.2. The molecule has 0 aromatic rings. The summed E-state index contributed by atoms with van der Waals surface area (Å²) in [6, 6.07) is 1.16. The molecule has 0 bridgehead atoms. The fraction of sp³-hybridized carbons (Fsp3) is 0.867. The van der Waals surface area contributed by atoms with Crippen LogP contribution in [0.15, 0.2) is 12.2 Å². The van der Waals surface area contributed by atoms with Gasteiger partial charge in [0.1, 0.15) is 0 Å². The van der Waals surface area contributed by atoms with Crippen LogP contribution in [0.4, 0.5) is 0 Å². The monoisotopic (exact) mass is 236 g/mol. The highest BCUT2D eigenvalue weighted by Gasteiger charge is 2.26. The fourth-order valence-corrected chi connectivity index (χ4v) is 3.35. The van der Waals surface area contributed by atoms with E-state index in [0.29, 0.717) is 12.0 Å². The fourth-order valence-electron chi connectivity index (χ4n) is 3.35. The number of hydrogen-bond acceptors (Lipinski definition) is 2. The van der Waals surface area contributed by atoms with Crippen LogP contribution in [0, 0.1) is 11.8 Å². The molecular weight excluding hydrogens is 208 g/mol. The first-order valence-corrected chi connectivity index (χ1v) is 7.33. The van der Waals surface area contributed by atoms with Crippen LogP contribution in [-0.4, -0.2) is 30.1 Å². The highest BCUT2D eigenvalue weighted by molar-refractivity contribution is 5.05. The Morgan fingerprint density at radius 2 is 1.94 bits per heavy atom. The number of rotatable bonds is 5. The van der Waals surface area contributed by atoms with Crippen LogP contribution in [-0.2, 0) is 0 Å². The Bertz CT molecular complexity index is 254. The molecule has 2 nitrogen and oxygen atoms in total. The first-order chi connectivity index (χ1) is 8.15. The molecule has 2 heteroatoms. The summed E-state index contributed by atoms with van der Waals surface area (Å²) in [6.07, 6.45) is 11.4. The molecule has 2 N–H and O–H groups in total. The van der Waals surface area contributed by atoms with Crippen molar-refractivity contribution in [2.45, 2.75) is 58.0 Å². The van der Waals surface area contributed by atoms with Crippen LogP contribution in [0.25, 0.3) is 0 Å². The van der Waals surface area contributed by atoms with Crippen molar-refractivity contribution in [1.82, 2.24) is 4.90 Å². The third kappa shape index (κ3) is 3.82. The Balaban J connectivity index is 1.88. The molecule has 2 atom stereocenters. The van der Waals surface area contributed by atoms with Crippen molar-refractivity contribution in [2.75, 3.05) is 13.1 Å². The van der Waals surface area contributed by atoms with Crippen LogP contribution < -0.4 is 5.73 Å². The normalized spacial score (nSPS) is 29.9. The minimum atomic E-state index is 0.310. The van der Waals surface area contributed by atoms with Crippen LogP contribution in [0.1, 0.15) is 46.0 Å². The van der Waals surface area contributed by atoms with Crippen molar-refractivity contribution in [3.63, 3.8) is 0 Å². The smallest absolute Gasteiger partial charge is 0.0229 e. The molecule has 1 fully saturated rings. The van der Waals surface area contributed by atoms with E-state index in [2.05, 4.69) is 30.9 Å². The van der Waals surface area contributed by atoms with Gasteiger partial charge in [0.25, 0.3) is 0 Å². The number of hydrogen-bond donors (Lipinski definition) is 1. The molecule has 0 aromatic heterocycles. The van der Waals surface area contributed by atoms with E-state index in [1.165, 1.54) is 38.8 Å². The first kappa shape index (κ1) is 13.1. The average Bonchev–Trinajstić information content (AvgIpc) is 2.87. The molecule has 2 aliphatic rings. The van der Waals surface area contributed by atoms with Crippen LogP contribution in [0.5, 0.6) is 0 Å². The van der Waals surface area contributed by atoms with E-state index < -0.39 is 0 Å². The second-order valence-corrected chi connectivity index (χ2v) is 6.33. The predicted molar refractivity (Wildman–Crippen MR) is 73.9 cm³/mol. The number of nitrogens with zero attached hydrogens (tertiary/aromatic N) is 1. The zero-order valence-electron chi connectivity index (χ0n) is 11.4. The van der Waals surface area contributed by atoms with Gasteiger partial charge in [-0.05, 0) is 31.1 Å². The van der Waals surface area contributed by atoms with Gasteiger partial charge < -0.3 is 5.73 Å². The predicted octanol–water partition coefficient (Wildman–Crippen LogP) is 2.79. The molecule has 2 aliphatic carbocycles. The minimum Gasteiger partial charge on any atom is -0.324 e. The van der Waals surface area contributed by atoms with Crippen LogP contribution in [0.2, 0.25) is 0 Å². The van der Waals surface area contributed by atoms with Gasteiger partial charge in [-0.25, -0.2) is 0 Å². The zero-order chi connectivity index (χ0) is 12.3. The Morgan fingerprint density at radius 1 is 1.24 bits per heavy atom. The molecule has 17 heavy (non-hydrogen) atoms. The molecule has 98 valence electrons. The zero-order valence-corrected chi connectivity index (χ0v) is 11.4. The third-order valence-electron chi connectivity index (χ3n) is 4.12. The molecule has 2 rings (SSSR count). The summed E-state index contributed by atoms with van der Waals surface area (Å²) in [5, 5.41) is 0. The maximum Gasteiger partial charge on any atom is 0.0229 e. The Hall–Kier alpha value is -0.340. The van der Waals surface area contributed by atoms with Gasteiger partial charge in [0.2, 0.25) is 0 Å². The van der Waals surface area contributed by atoms with E-state index in [1.807, 2.05) is 0 Å². The molecule has 0 aliphatic heterocycles. The Kier molecular flexibility index (Phi) is 4.63. The topological polar surface area (TPSA) is 29.3 Å². The molecule has 0 amide bonds. The third-order valence-corrected chi connectivity index (χ3v) is 4.12. The molecule has 0 heterocycles. The van der Waals surface area contributed by atoms with Gasteiger partial charge in [-0.3, -0.25) is 4.90 Å². The van der Waals surface area contributed by atoms with Gasteiger partial charge >= 0.3 is 0 Å². The largest absolute Gasteiger partial charge is 0.324 e. The first-order valence-electron chi connectivity index (χ1n) is 7.33. The van der Waals surface area contributed by atoms with Crippen molar-refractivity contribution >= 4 is 0 Å². The van der Waals surface area contributed by atoms with Gasteiger partial charge in [-0.15, -0.1) is 0 Å². The SMILES string of the molecule is CC(C)CN(CC1C=CC(N)C1)C1CCCC1. The number of nitrogens with two attached hydrogens (primary N) is 1.